The molecule has 92 valence electrons. The van der Waals surface area contributed by atoms with Crippen LogP contribution in [0.2, 0.25) is 0 Å². The van der Waals surface area contributed by atoms with Gasteiger partial charge >= 0.3 is 5.97 Å². The Labute approximate surface area is 104 Å². The van der Waals surface area contributed by atoms with E-state index in [0.29, 0.717) is 13.1 Å². The first-order chi connectivity index (χ1) is 8.75. The van der Waals surface area contributed by atoms with Crippen molar-refractivity contribution in [1.29, 1.82) is 0 Å². The third kappa shape index (κ3) is 1.78. The number of nitrogens with zero attached hydrogens (tertiary/aromatic N) is 1. The number of rotatable bonds is 2. The Hall–Kier alpha value is -2.14. The summed E-state index contributed by atoms with van der Waals surface area (Å²) in [5.74, 6) is -1.26. The molecular weight excluding hydrogens is 230 g/mol. The van der Waals surface area contributed by atoms with Crippen molar-refractivity contribution < 1.29 is 9.90 Å². The zero-order chi connectivity index (χ0) is 12.5. The molecule has 0 bridgehead atoms. The lowest BCUT2D eigenvalue weighted by Gasteiger charge is -2.19. The average Bonchev–Trinajstić information content (AvgIpc) is 2.82. The zero-order valence-electron chi connectivity index (χ0n) is 9.68. The van der Waals surface area contributed by atoms with Crippen LogP contribution in [0.15, 0.2) is 30.6 Å². The standard InChI is InChI=1S/C13H13N3O2/c17-13(18)9-4-8(5-14-6-9)11-7-16-12-10(11)2-1-3-15-12/h1-4,7,9,14H,5-6H2,(H,15,16)(H,17,18). The maximum atomic E-state index is 11.0. The highest BCUT2D eigenvalue weighted by atomic mass is 16.4. The van der Waals surface area contributed by atoms with Gasteiger partial charge in [0.2, 0.25) is 0 Å². The lowest BCUT2D eigenvalue weighted by atomic mass is 9.96. The Bertz CT molecular complexity index is 630. The second kappa shape index (κ2) is 4.27. The molecule has 0 aliphatic carbocycles. The first kappa shape index (κ1) is 11.0. The van der Waals surface area contributed by atoms with Gasteiger partial charge in [-0.3, -0.25) is 4.79 Å². The van der Waals surface area contributed by atoms with E-state index in [1.807, 2.05) is 24.4 Å². The Kier molecular flexibility index (Phi) is 2.60. The Morgan fingerprint density at radius 3 is 3.22 bits per heavy atom. The van der Waals surface area contributed by atoms with Crippen LogP contribution in [0.4, 0.5) is 0 Å². The van der Waals surface area contributed by atoms with Crippen LogP contribution in [0, 0.1) is 5.92 Å². The molecule has 0 saturated carbocycles. The number of hydrogen-bond acceptors (Lipinski definition) is 3. The topological polar surface area (TPSA) is 78.0 Å². The number of H-pyrrole nitrogens is 1. The molecule has 3 N–H and O–H groups in total. The molecule has 18 heavy (non-hydrogen) atoms. The predicted octanol–water partition coefficient (Wildman–Crippen LogP) is 1.25. The Morgan fingerprint density at radius 2 is 2.39 bits per heavy atom. The number of fused-ring (bicyclic) bond motifs is 1. The molecule has 1 aliphatic rings. The second-order valence-corrected chi connectivity index (χ2v) is 4.37. The number of carbonyl (C=O) groups is 1. The quantitative estimate of drug-likeness (QED) is 0.741. The van der Waals surface area contributed by atoms with E-state index in [1.165, 1.54) is 0 Å². The van der Waals surface area contributed by atoms with Gasteiger partial charge in [-0.2, -0.15) is 0 Å². The van der Waals surface area contributed by atoms with E-state index < -0.39 is 11.9 Å². The second-order valence-electron chi connectivity index (χ2n) is 4.37. The van der Waals surface area contributed by atoms with Gasteiger partial charge in [0, 0.05) is 36.4 Å². The van der Waals surface area contributed by atoms with E-state index in [4.69, 9.17) is 5.11 Å². The maximum Gasteiger partial charge on any atom is 0.311 e. The van der Waals surface area contributed by atoms with Crippen LogP contribution in [-0.4, -0.2) is 34.1 Å². The monoisotopic (exact) mass is 243 g/mol. The minimum absolute atomic E-state index is 0.463. The highest BCUT2D eigenvalue weighted by Crippen LogP contribution is 2.26. The lowest BCUT2D eigenvalue weighted by Crippen LogP contribution is -2.32. The van der Waals surface area contributed by atoms with Crippen LogP contribution in [0.5, 0.6) is 0 Å². The molecule has 0 saturated heterocycles. The van der Waals surface area contributed by atoms with Crippen molar-refractivity contribution in [3.8, 4) is 0 Å². The molecular formula is C13H13N3O2. The maximum absolute atomic E-state index is 11.0. The predicted molar refractivity (Wildman–Crippen MR) is 68.1 cm³/mol. The SMILES string of the molecule is O=C(O)C1C=C(c2c[nH]c3ncccc23)CNC1. The van der Waals surface area contributed by atoms with Crippen molar-refractivity contribution in [3.63, 3.8) is 0 Å². The minimum atomic E-state index is -0.794. The van der Waals surface area contributed by atoms with E-state index in [1.54, 1.807) is 6.20 Å². The molecule has 0 amide bonds. The normalized spacial score (nSPS) is 19.8. The summed E-state index contributed by atoms with van der Waals surface area (Å²) in [4.78, 5) is 18.4. The molecule has 5 heteroatoms. The molecule has 0 spiro atoms. The van der Waals surface area contributed by atoms with E-state index in [9.17, 15) is 4.79 Å². The fraction of sp³-hybridized carbons (Fsp3) is 0.231. The molecule has 0 fully saturated rings. The molecule has 1 unspecified atom stereocenters. The van der Waals surface area contributed by atoms with Crippen LogP contribution in [0.3, 0.4) is 0 Å². The highest BCUT2D eigenvalue weighted by Gasteiger charge is 2.21. The first-order valence-corrected chi connectivity index (χ1v) is 5.82. The van der Waals surface area contributed by atoms with Gasteiger partial charge < -0.3 is 15.4 Å². The number of aromatic amines is 1. The van der Waals surface area contributed by atoms with Gasteiger partial charge in [0.25, 0.3) is 0 Å². The summed E-state index contributed by atoms with van der Waals surface area (Å²) in [6.45, 7) is 1.17. The summed E-state index contributed by atoms with van der Waals surface area (Å²) in [6, 6.07) is 3.87. The smallest absolute Gasteiger partial charge is 0.311 e. The molecule has 0 aromatic carbocycles. The third-order valence-corrected chi connectivity index (χ3v) is 3.20. The van der Waals surface area contributed by atoms with Crippen LogP contribution in [0.1, 0.15) is 5.56 Å². The molecule has 2 aromatic heterocycles. The van der Waals surface area contributed by atoms with E-state index in [2.05, 4.69) is 15.3 Å². The van der Waals surface area contributed by atoms with E-state index >= 15 is 0 Å². The minimum Gasteiger partial charge on any atom is -0.481 e. The summed E-state index contributed by atoms with van der Waals surface area (Å²) >= 11 is 0. The van der Waals surface area contributed by atoms with Gasteiger partial charge in [-0.25, -0.2) is 4.98 Å². The number of hydrogen-bond donors (Lipinski definition) is 3. The molecule has 0 radical (unpaired) electrons. The van der Waals surface area contributed by atoms with Crippen LogP contribution < -0.4 is 5.32 Å². The van der Waals surface area contributed by atoms with E-state index in [0.717, 1.165) is 22.2 Å². The first-order valence-electron chi connectivity index (χ1n) is 5.82. The van der Waals surface area contributed by atoms with Crippen LogP contribution >= 0.6 is 0 Å². The van der Waals surface area contributed by atoms with Crippen LogP contribution in [-0.2, 0) is 4.79 Å². The van der Waals surface area contributed by atoms with Crippen molar-refractivity contribution in [2.45, 2.75) is 0 Å². The van der Waals surface area contributed by atoms with Gasteiger partial charge in [-0.15, -0.1) is 0 Å². The number of aromatic nitrogens is 2. The zero-order valence-corrected chi connectivity index (χ0v) is 9.68. The molecule has 5 nitrogen and oxygen atoms in total. The number of nitrogens with one attached hydrogen (secondary N) is 2. The van der Waals surface area contributed by atoms with Crippen LogP contribution in [0.25, 0.3) is 16.6 Å². The Balaban J connectivity index is 2.06. The van der Waals surface area contributed by atoms with E-state index in [-0.39, 0.29) is 0 Å². The average molecular weight is 243 g/mol. The largest absolute Gasteiger partial charge is 0.481 e. The molecule has 3 heterocycles. The van der Waals surface area contributed by atoms with Gasteiger partial charge in [0.05, 0.1) is 5.92 Å². The van der Waals surface area contributed by atoms with Crippen molar-refractivity contribution in [2.24, 2.45) is 5.92 Å². The van der Waals surface area contributed by atoms with Crippen molar-refractivity contribution in [3.05, 3.63) is 36.2 Å². The molecule has 3 rings (SSSR count). The lowest BCUT2D eigenvalue weighted by molar-refractivity contribution is -0.139. The van der Waals surface area contributed by atoms with Gasteiger partial charge in [0.1, 0.15) is 5.65 Å². The summed E-state index contributed by atoms with van der Waals surface area (Å²) in [5, 5.41) is 13.2. The summed E-state index contributed by atoms with van der Waals surface area (Å²) in [6.07, 6.45) is 5.44. The number of aliphatic carboxylic acids is 1. The van der Waals surface area contributed by atoms with Crippen molar-refractivity contribution in [2.75, 3.05) is 13.1 Å². The summed E-state index contributed by atoms with van der Waals surface area (Å²) in [7, 11) is 0. The third-order valence-electron chi connectivity index (χ3n) is 3.20. The fourth-order valence-electron chi connectivity index (χ4n) is 2.29. The summed E-state index contributed by atoms with van der Waals surface area (Å²) in [5.41, 5.74) is 2.86. The highest BCUT2D eigenvalue weighted by molar-refractivity contribution is 5.92. The molecule has 1 aliphatic heterocycles. The fourth-order valence-corrected chi connectivity index (χ4v) is 2.29. The summed E-state index contributed by atoms with van der Waals surface area (Å²) < 4.78 is 0. The number of carboxylic acid groups (broad SMARTS) is 1. The molecule has 2 aromatic rings. The molecule has 1 atom stereocenters. The van der Waals surface area contributed by atoms with Crippen molar-refractivity contribution >= 4 is 22.6 Å². The van der Waals surface area contributed by atoms with Gasteiger partial charge in [-0.1, -0.05) is 6.08 Å². The number of carboxylic acids is 1. The van der Waals surface area contributed by atoms with Gasteiger partial charge in [0.15, 0.2) is 0 Å². The van der Waals surface area contributed by atoms with Gasteiger partial charge in [-0.05, 0) is 17.7 Å². The Morgan fingerprint density at radius 1 is 1.50 bits per heavy atom. The van der Waals surface area contributed by atoms with Crippen molar-refractivity contribution in [1.82, 2.24) is 15.3 Å². The number of pyridine rings is 1.